The minimum Gasteiger partial charge on any atom is -0.427 e. The van der Waals surface area contributed by atoms with E-state index in [4.69, 9.17) is 9.47 Å². The van der Waals surface area contributed by atoms with Crippen LogP contribution in [0.1, 0.15) is 256 Å². The third kappa shape index (κ3) is 37.8. The van der Waals surface area contributed by atoms with E-state index in [9.17, 15) is 19.2 Å². The number of rotatable bonds is 50. The first kappa shape index (κ1) is 71.1. The maximum atomic E-state index is 12.8. The molecule has 1 amide bonds. The minimum absolute atomic E-state index is 0.0441. The lowest BCUT2D eigenvalue weighted by Crippen LogP contribution is -2.36. The van der Waals surface area contributed by atoms with E-state index < -0.39 is 0 Å². The number of carbonyl (C=O) groups is 4. The van der Waals surface area contributed by atoms with E-state index in [0.29, 0.717) is 55.3 Å². The van der Waals surface area contributed by atoms with E-state index in [2.05, 4.69) is 53.3 Å². The smallest absolute Gasteiger partial charge is 0.311 e. The van der Waals surface area contributed by atoms with Gasteiger partial charge >= 0.3 is 11.9 Å². The highest BCUT2D eigenvalue weighted by atomic mass is 33.1. The minimum atomic E-state index is -0.182. The molecule has 0 atom stereocenters. The van der Waals surface area contributed by atoms with Crippen molar-refractivity contribution < 1.29 is 28.7 Å². The number of Topliss-reactive ketones (excluding diaryl/α,β-unsaturated/α-hetero) is 1. The molecule has 2 fully saturated rings. The Kier molecular flexibility index (Phi) is 42.3. The molecule has 2 heterocycles. The van der Waals surface area contributed by atoms with Crippen LogP contribution in [0.4, 0.5) is 0 Å². The second-order valence-corrected chi connectivity index (χ2v) is 26.7. The SMILES string of the molecule is CCCCCCCC/C=C\CCCCCCCC(=O)Oc1ccc(CC(=O)CCCC2CCN(CCSSCCN3CCC(CCNC(=O)Cc4ccc(OC(=O)CCCCCCC/C=C\CCCCCCCC)cc4)CC3)CC2)cc1. The number of allylic oxidation sites excluding steroid dienone is 4. The molecule has 0 bridgehead atoms. The molecule has 0 aliphatic carbocycles. The molecule has 0 aromatic heterocycles. The molecular weight excluding hydrogens is 1050 g/mol. The monoisotopic (exact) mass is 1170 g/mol. The molecule has 2 aromatic carbocycles. The molecule has 11 heteroatoms. The van der Waals surface area contributed by atoms with Crippen LogP contribution in [0.5, 0.6) is 11.5 Å². The number of unbranched alkanes of at least 4 members (excludes halogenated alkanes) is 22. The number of ether oxygens (including phenoxy) is 2. The second kappa shape index (κ2) is 48.8. The highest BCUT2D eigenvalue weighted by Gasteiger charge is 2.21. The lowest BCUT2D eigenvalue weighted by molar-refractivity contribution is -0.135. The normalized spacial score (nSPS) is 14.8. The Morgan fingerprint density at radius 3 is 1.27 bits per heavy atom. The Morgan fingerprint density at radius 1 is 0.463 bits per heavy atom. The molecule has 0 unspecified atom stereocenters. The van der Waals surface area contributed by atoms with Gasteiger partial charge in [-0.3, -0.25) is 19.2 Å². The Labute approximate surface area is 508 Å². The zero-order valence-corrected chi connectivity index (χ0v) is 53.6. The molecule has 0 radical (unpaired) electrons. The number of carbonyl (C=O) groups excluding carboxylic acids is 4. The van der Waals surface area contributed by atoms with Gasteiger partial charge in [-0.25, -0.2) is 0 Å². The van der Waals surface area contributed by atoms with Gasteiger partial charge in [0.25, 0.3) is 0 Å². The molecule has 9 nitrogen and oxygen atoms in total. The van der Waals surface area contributed by atoms with Gasteiger partial charge in [-0.05, 0) is 183 Å². The molecule has 0 spiro atoms. The number of nitrogens with one attached hydrogen (secondary N) is 1. The summed E-state index contributed by atoms with van der Waals surface area (Å²) in [5, 5.41) is 3.14. The van der Waals surface area contributed by atoms with Crippen LogP contribution in [0.15, 0.2) is 72.8 Å². The second-order valence-electron chi connectivity index (χ2n) is 24.0. The number of hydrogen-bond acceptors (Lipinski definition) is 10. The highest BCUT2D eigenvalue weighted by molar-refractivity contribution is 8.76. The van der Waals surface area contributed by atoms with E-state index >= 15 is 0 Å². The molecule has 1 N–H and O–H groups in total. The summed E-state index contributed by atoms with van der Waals surface area (Å²) >= 11 is 0. The zero-order chi connectivity index (χ0) is 58.2. The highest BCUT2D eigenvalue weighted by Crippen LogP contribution is 2.27. The molecule has 4 rings (SSSR count). The molecule has 2 saturated heterocycles. The van der Waals surface area contributed by atoms with Crippen molar-refractivity contribution in [1.29, 1.82) is 0 Å². The van der Waals surface area contributed by atoms with Crippen LogP contribution < -0.4 is 14.8 Å². The standard InChI is InChI=1S/C71H115N3O6S2/c1-3-5-7-9-11-13-15-17-19-21-23-25-27-29-31-36-70(77)79-67-42-38-64(39-43-67)60-66(75)35-33-34-62-47-52-73(53-48-62)56-58-81-82-59-57-74-54-49-63(50-55-74)46-51-72-69(76)61-65-40-44-68(45-41-65)80-71(78)37-32-30-28-26-24-22-20-18-16-14-12-10-8-6-4-2/h17-20,38-45,62-63H,3-16,21-37,46-61H2,1-2H3,(H,72,76)/b19-17-,20-18-. The molecule has 2 aromatic rings. The Bertz CT molecular complexity index is 1840. The van der Waals surface area contributed by atoms with Crippen LogP contribution in [0.25, 0.3) is 0 Å². The lowest BCUT2D eigenvalue weighted by Gasteiger charge is -2.32. The summed E-state index contributed by atoms with van der Waals surface area (Å²) in [5.41, 5.74) is 1.91. The van der Waals surface area contributed by atoms with E-state index in [1.807, 2.05) is 58.0 Å². The van der Waals surface area contributed by atoms with Crippen molar-refractivity contribution in [2.75, 3.05) is 57.3 Å². The molecule has 0 saturated carbocycles. The van der Waals surface area contributed by atoms with Gasteiger partial charge in [0.2, 0.25) is 5.91 Å². The lowest BCUT2D eigenvalue weighted by atomic mass is 9.91. The van der Waals surface area contributed by atoms with E-state index in [1.54, 1.807) is 12.1 Å². The summed E-state index contributed by atoms with van der Waals surface area (Å²) in [5.74, 6) is 4.81. The first-order valence-corrected chi connectivity index (χ1v) is 36.1. The van der Waals surface area contributed by atoms with Gasteiger partial charge < -0.3 is 24.6 Å². The van der Waals surface area contributed by atoms with Gasteiger partial charge in [0.1, 0.15) is 17.3 Å². The maximum Gasteiger partial charge on any atom is 0.311 e. The van der Waals surface area contributed by atoms with E-state index in [-0.39, 0.29) is 17.8 Å². The van der Waals surface area contributed by atoms with Crippen LogP contribution in [-0.4, -0.2) is 90.7 Å². The number of hydrogen-bond donors (Lipinski definition) is 1. The first-order chi connectivity index (χ1) is 40.3. The Morgan fingerprint density at radius 2 is 0.841 bits per heavy atom. The van der Waals surface area contributed by atoms with Gasteiger partial charge in [-0.1, -0.05) is 187 Å². The van der Waals surface area contributed by atoms with Gasteiger partial charge in [0, 0.05) is 56.8 Å². The van der Waals surface area contributed by atoms with Crippen LogP contribution in [0.3, 0.4) is 0 Å². The van der Waals surface area contributed by atoms with E-state index in [0.717, 1.165) is 119 Å². The topological polar surface area (TPSA) is 105 Å². The first-order valence-electron chi connectivity index (χ1n) is 33.7. The molecule has 462 valence electrons. The predicted molar refractivity (Wildman–Crippen MR) is 350 cm³/mol. The molecule has 2 aliphatic heterocycles. The number of piperidine rings is 2. The third-order valence-corrected chi connectivity index (χ3v) is 19.1. The van der Waals surface area contributed by atoms with Crippen LogP contribution in [0, 0.1) is 11.8 Å². The van der Waals surface area contributed by atoms with Gasteiger partial charge in [-0.15, -0.1) is 0 Å². The van der Waals surface area contributed by atoms with Gasteiger partial charge in [0.15, 0.2) is 0 Å². The fraction of sp³-hybridized carbons (Fsp3) is 0.718. The molecule has 2 aliphatic rings. The van der Waals surface area contributed by atoms with Crippen LogP contribution in [0.2, 0.25) is 0 Å². The summed E-state index contributed by atoms with van der Waals surface area (Å²) in [6.45, 7) is 12.2. The van der Waals surface area contributed by atoms with Crippen molar-refractivity contribution in [3.8, 4) is 11.5 Å². The van der Waals surface area contributed by atoms with Crippen LogP contribution in [-0.2, 0) is 32.0 Å². The maximum absolute atomic E-state index is 12.8. The average molecular weight is 1170 g/mol. The molecule has 82 heavy (non-hydrogen) atoms. The summed E-state index contributed by atoms with van der Waals surface area (Å²) in [4.78, 5) is 55.6. The Hall–Kier alpha value is -3.38. The van der Waals surface area contributed by atoms with Gasteiger partial charge in [-0.2, -0.15) is 0 Å². The summed E-state index contributed by atoms with van der Waals surface area (Å²) in [6, 6.07) is 14.9. The number of amides is 1. The summed E-state index contributed by atoms with van der Waals surface area (Å²) in [7, 11) is 4.03. The Balaban J connectivity index is 0.884. The largest absolute Gasteiger partial charge is 0.427 e. The van der Waals surface area contributed by atoms with Crippen molar-refractivity contribution in [3.05, 3.63) is 84.0 Å². The predicted octanol–water partition coefficient (Wildman–Crippen LogP) is 18.4. The third-order valence-electron chi connectivity index (χ3n) is 16.8. The quantitative estimate of drug-likeness (QED) is 0.0226. The fourth-order valence-electron chi connectivity index (χ4n) is 11.4. The van der Waals surface area contributed by atoms with Gasteiger partial charge in [0.05, 0.1) is 6.42 Å². The van der Waals surface area contributed by atoms with Crippen molar-refractivity contribution in [2.24, 2.45) is 11.8 Å². The van der Waals surface area contributed by atoms with Crippen molar-refractivity contribution in [2.45, 2.75) is 258 Å². The average Bonchev–Trinajstić information content (AvgIpc) is 3.49. The number of nitrogens with zero attached hydrogens (tertiary/aromatic N) is 2. The number of esters is 2. The number of benzene rings is 2. The number of likely N-dealkylation sites (tertiary alicyclic amines) is 2. The summed E-state index contributed by atoms with van der Waals surface area (Å²) < 4.78 is 11.2. The van der Waals surface area contributed by atoms with Crippen molar-refractivity contribution in [1.82, 2.24) is 15.1 Å². The molecular formula is C71H115N3O6S2. The van der Waals surface area contributed by atoms with E-state index in [1.165, 1.54) is 167 Å². The van der Waals surface area contributed by atoms with Crippen molar-refractivity contribution >= 4 is 45.2 Å². The zero-order valence-electron chi connectivity index (χ0n) is 52.0. The fourth-order valence-corrected chi connectivity index (χ4v) is 13.5. The van der Waals surface area contributed by atoms with Crippen molar-refractivity contribution in [3.63, 3.8) is 0 Å². The van der Waals surface area contributed by atoms with Crippen LogP contribution >= 0.6 is 21.6 Å². The summed E-state index contributed by atoms with van der Waals surface area (Å²) in [6.07, 6.45) is 51.9. The number of ketones is 1.